The van der Waals surface area contributed by atoms with E-state index in [1.54, 1.807) is 0 Å². The Morgan fingerprint density at radius 1 is 0.850 bits per heavy atom. The quantitative estimate of drug-likeness (QED) is 0.537. The summed E-state index contributed by atoms with van der Waals surface area (Å²) in [6.07, 6.45) is 0. The predicted molar refractivity (Wildman–Crippen MR) is 85.0 cm³/mol. The fourth-order valence-corrected chi connectivity index (χ4v) is 2.52. The van der Waals surface area contributed by atoms with Gasteiger partial charge in [0.15, 0.2) is 0 Å². The number of hydrogen-bond donors (Lipinski definition) is 0. The van der Waals surface area contributed by atoms with Crippen molar-refractivity contribution in [2.75, 3.05) is 0 Å². The molecule has 20 heavy (non-hydrogen) atoms. The van der Waals surface area contributed by atoms with E-state index in [4.69, 9.17) is 27.9 Å². The minimum absolute atomic E-state index is 0.439. The maximum atomic E-state index is 6.23. The Balaban J connectivity index is 2.01. The smallest absolute Gasteiger partial charge is 0.146 e. The van der Waals surface area contributed by atoms with E-state index in [1.807, 2.05) is 48.5 Å². The highest BCUT2D eigenvalue weighted by Gasteiger charge is 2.07. The van der Waals surface area contributed by atoms with Crippen molar-refractivity contribution in [2.24, 2.45) is 0 Å². The van der Waals surface area contributed by atoms with Crippen LogP contribution in [0, 0.1) is 0 Å². The van der Waals surface area contributed by atoms with Crippen LogP contribution in [0.5, 0.6) is 11.5 Å². The first-order chi connectivity index (χ1) is 9.78. The summed E-state index contributed by atoms with van der Waals surface area (Å²) in [6, 6.07) is 19.7. The molecule has 100 valence electrons. The summed E-state index contributed by atoms with van der Waals surface area (Å²) in [5.74, 6) is 1.87. The lowest BCUT2D eigenvalue weighted by molar-refractivity contribution is 0.488. The van der Waals surface area contributed by atoms with Gasteiger partial charge >= 0.3 is 0 Å². The Morgan fingerprint density at radius 2 is 1.65 bits per heavy atom. The number of halogens is 2. The van der Waals surface area contributed by atoms with Gasteiger partial charge < -0.3 is 4.74 Å². The molecule has 0 fully saturated rings. The van der Waals surface area contributed by atoms with Crippen LogP contribution in [-0.4, -0.2) is 0 Å². The van der Waals surface area contributed by atoms with Crippen LogP contribution in [0.25, 0.3) is 10.8 Å². The molecule has 0 N–H and O–H groups in total. The van der Waals surface area contributed by atoms with Crippen molar-refractivity contribution in [1.82, 2.24) is 0 Å². The maximum absolute atomic E-state index is 6.23. The van der Waals surface area contributed by atoms with Crippen LogP contribution in [-0.2, 0) is 5.88 Å². The summed E-state index contributed by atoms with van der Waals surface area (Å²) in [5, 5.41) is 2.77. The van der Waals surface area contributed by atoms with Crippen LogP contribution < -0.4 is 4.74 Å². The topological polar surface area (TPSA) is 9.23 Å². The molecule has 0 bridgehead atoms. The molecule has 0 spiro atoms. The molecule has 0 unspecified atom stereocenters. The SMILES string of the molecule is ClCc1ccc(Oc2cccc3ccccc23)c(Cl)c1. The zero-order valence-electron chi connectivity index (χ0n) is 10.6. The van der Waals surface area contributed by atoms with E-state index in [0.29, 0.717) is 16.7 Å². The van der Waals surface area contributed by atoms with Crippen molar-refractivity contribution in [3.05, 3.63) is 71.2 Å². The molecule has 0 heterocycles. The maximum Gasteiger partial charge on any atom is 0.146 e. The number of benzene rings is 3. The van der Waals surface area contributed by atoms with Gasteiger partial charge in [-0.2, -0.15) is 0 Å². The summed E-state index contributed by atoms with van der Waals surface area (Å²) >= 11 is 12.0. The molecule has 0 aromatic heterocycles. The largest absolute Gasteiger partial charge is 0.455 e. The van der Waals surface area contributed by atoms with Crippen molar-refractivity contribution in [2.45, 2.75) is 5.88 Å². The normalized spacial score (nSPS) is 10.7. The van der Waals surface area contributed by atoms with Gasteiger partial charge in [-0.3, -0.25) is 0 Å². The second kappa shape index (κ2) is 5.74. The van der Waals surface area contributed by atoms with Gasteiger partial charge in [0.2, 0.25) is 0 Å². The van der Waals surface area contributed by atoms with Crippen LogP contribution in [0.3, 0.4) is 0 Å². The molecule has 0 amide bonds. The molecule has 0 saturated carbocycles. The van der Waals surface area contributed by atoms with Crippen LogP contribution >= 0.6 is 23.2 Å². The van der Waals surface area contributed by atoms with Gasteiger partial charge in [0.1, 0.15) is 11.5 Å². The Bertz CT molecular complexity index is 748. The number of ether oxygens (including phenoxy) is 1. The molecule has 0 aliphatic heterocycles. The minimum Gasteiger partial charge on any atom is -0.455 e. The van der Waals surface area contributed by atoms with Crippen molar-refractivity contribution < 1.29 is 4.74 Å². The van der Waals surface area contributed by atoms with Crippen molar-refractivity contribution in [1.29, 1.82) is 0 Å². The number of hydrogen-bond acceptors (Lipinski definition) is 1. The third-order valence-electron chi connectivity index (χ3n) is 3.12. The van der Waals surface area contributed by atoms with Gasteiger partial charge in [-0.05, 0) is 29.1 Å². The average molecular weight is 303 g/mol. The van der Waals surface area contributed by atoms with E-state index in [-0.39, 0.29) is 0 Å². The Labute approximate surface area is 127 Å². The van der Waals surface area contributed by atoms with Crippen LogP contribution in [0.1, 0.15) is 5.56 Å². The summed E-state index contributed by atoms with van der Waals surface area (Å²) in [5.41, 5.74) is 0.974. The van der Waals surface area contributed by atoms with E-state index in [9.17, 15) is 0 Å². The second-order valence-electron chi connectivity index (χ2n) is 4.48. The molecule has 0 atom stereocenters. The highest BCUT2D eigenvalue weighted by molar-refractivity contribution is 6.32. The predicted octanol–water partition coefficient (Wildman–Crippen LogP) is 6.02. The third-order valence-corrected chi connectivity index (χ3v) is 3.72. The van der Waals surface area contributed by atoms with Gasteiger partial charge in [0.05, 0.1) is 5.02 Å². The molecule has 1 nitrogen and oxygen atoms in total. The fourth-order valence-electron chi connectivity index (χ4n) is 2.11. The lowest BCUT2D eigenvalue weighted by Crippen LogP contribution is -1.88. The van der Waals surface area contributed by atoms with Crippen LogP contribution in [0.4, 0.5) is 0 Å². The lowest BCUT2D eigenvalue weighted by Gasteiger charge is -2.11. The van der Waals surface area contributed by atoms with Gasteiger partial charge in [-0.25, -0.2) is 0 Å². The Kier molecular flexibility index (Phi) is 3.81. The van der Waals surface area contributed by atoms with Crippen molar-refractivity contribution in [3.63, 3.8) is 0 Å². The molecule has 0 aliphatic carbocycles. The van der Waals surface area contributed by atoms with E-state index >= 15 is 0 Å². The van der Waals surface area contributed by atoms with E-state index < -0.39 is 0 Å². The summed E-state index contributed by atoms with van der Waals surface area (Å²) < 4.78 is 5.95. The third kappa shape index (κ3) is 2.60. The van der Waals surface area contributed by atoms with Gasteiger partial charge in [-0.15, -0.1) is 11.6 Å². The zero-order chi connectivity index (χ0) is 13.9. The lowest BCUT2D eigenvalue weighted by atomic mass is 10.1. The van der Waals surface area contributed by atoms with Gasteiger partial charge in [-0.1, -0.05) is 54.1 Å². The molecule has 3 aromatic carbocycles. The highest BCUT2D eigenvalue weighted by atomic mass is 35.5. The molecule has 3 rings (SSSR count). The fraction of sp³-hybridized carbons (Fsp3) is 0.0588. The average Bonchev–Trinajstić information content (AvgIpc) is 2.49. The standard InChI is InChI=1S/C17H12Cl2O/c18-11-12-8-9-17(15(19)10-12)20-16-7-3-5-13-4-1-2-6-14(13)16/h1-10H,11H2. The number of fused-ring (bicyclic) bond motifs is 1. The molecule has 0 radical (unpaired) electrons. The number of rotatable bonds is 3. The molecule has 0 aliphatic rings. The first kappa shape index (κ1) is 13.3. The van der Waals surface area contributed by atoms with E-state index in [0.717, 1.165) is 22.1 Å². The summed E-state index contributed by atoms with van der Waals surface area (Å²) in [7, 11) is 0. The Morgan fingerprint density at radius 3 is 2.45 bits per heavy atom. The van der Waals surface area contributed by atoms with Crippen molar-refractivity contribution in [3.8, 4) is 11.5 Å². The summed E-state index contributed by atoms with van der Waals surface area (Å²) in [6.45, 7) is 0. The van der Waals surface area contributed by atoms with Gasteiger partial charge in [0, 0.05) is 11.3 Å². The highest BCUT2D eigenvalue weighted by Crippen LogP contribution is 2.34. The minimum atomic E-state index is 0.439. The first-order valence-electron chi connectivity index (χ1n) is 6.28. The van der Waals surface area contributed by atoms with E-state index in [2.05, 4.69) is 12.1 Å². The number of alkyl halides is 1. The van der Waals surface area contributed by atoms with Crippen molar-refractivity contribution >= 4 is 34.0 Å². The Hall–Kier alpha value is -1.70. The van der Waals surface area contributed by atoms with Crippen LogP contribution in [0.15, 0.2) is 60.7 Å². The van der Waals surface area contributed by atoms with Gasteiger partial charge in [0.25, 0.3) is 0 Å². The zero-order valence-corrected chi connectivity index (χ0v) is 12.2. The monoisotopic (exact) mass is 302 g/mol. The molecule has 3 heteroatoms. The molecule has 0 saturated heterocycles. The molecule has 3 aromatic rings. The first-order valence-corrected chi connectivity index (χ1v) is 7.19. The van der Waals surface area contributed by atoms with Crippen LogP contribution in [0.2, 0.25) is 5.02 Å². The molecular formula is C17H12Cl2O. The summed E-state index contributed by atoms with van der Waals surface area (Å²) in [4.78, 5) is 0. The second-order valence-corrected chi connectivity index (χ2v) is 5.15. The van der Waals surface area contributed by atoms with E-state index in [1.165, 1.54) is 0 Å². The molecular weight excluding hydrogens is 291 g/mol.